The number of aryl methyl sites for hydroxylation is 1. The molecule has 6 aromatic rings. The first-order valence-electron chi connectivity index (χ1n) is 19.5. The number of ether oxygens (including phenoxy) is 3. The molecular formula is C48H48N2O7S2. The number of sulfonamides is 1. The number of hydrogen-bond donors (Lipinski definition) is 3. The normalized spacial score (nSPS) is 17.2. The number of aliphatic hydroxyl groups is 1. The summed E-state index contributed by atoms with van der Waals surface area (Å²) in [4.78, 5) is 14.9. The zero-order chi connectivity index (χ0) is 41.2. The molecule has 1 aliphatic rings. The van der Waals surface area contributed by atoms with Gasteiger partial charge in [0.2, 0.25) is 15.9 Å². The minimum atomic E-state index is -3.97. The van der Waals surface area contributed by atoms with Crippen molar-refractivity contribution < 1.29 is 32.5 Å². The van der Waals surface area contributed by atoms with E-state index in [4.69, 9.17) is 14.2 Å². The number of amides is 1. The van der Waals surface area contributed by atoms with Crippen molar-refractivity contribution in [3.05, 3.63) is 185 Å². The average Bonchev–Trinajstić information content (AvgIpc) is 3.28. The predicted molar refractivity (Wildman–Crippen MR) is 231 cm³/mol. The SMILES string of the molecule is COc1ccccc1SCC1CC(c2ccc(CO)cc2)OC(c2cccc(-c3cccc(CNC(=O)C(Cc4ccccc4)NS(=O)(=O)c4ccc(C)cc4)c3)c2)O1. The third-order valence-corrected chi connectivity index (χ3v) is 12.9. The molecule has 6 aromatic carbocycles. The lowest BCUT2D eigenvalue weighted by Gasteiger charge is -2.36. The fourth-order valence-corrected chi connectivity index (χ4v) is 9.24. The molecule has 59 heavy (non-hydrogen) atoms. The van der Waals surface area contributed by atoms with E-state index in [0.717, 1.165) is 55.2 Å². The number of benzene rings is 6. The van der Waals surface area contributed by atoms with Gasteiger partial charge in [-0.15, -0.1) is 11.8 Å². The molecule has 3 N–H and O–H groups in total. The van der Waals surface area contributed by atoms with E-state index in [1.54, 1.807) is 43.1 Å². The smallest absolute Gasteiger partial charge is 0.241 e. The zero-order valence-corrected chi connectivity index (χ0v) is 34.6. The Morgan fingerprint density at radius 2 is 1.47 bits per heavy atom. The topological polar surface area (TPSA) is 123 Å². The summed E-state index contributed by atoms with van der Waals surface area (Å²) >= 11 is 1.69. The van der Waals surface area contributed by atoms with Crippen molar-refractivity contribution in [1.29, 1.82) is 0 Å². The molecule has 11 heteroatoms. The van der Waals surface area contributed by atoms with Crippen LogP contribution < -0.4 is 14.8 Å². The summed E-state index contributed by atoms with van der Waals surface area (Å²) in [5, 5.41) is 12.6. The molecule has 1 fully saturated rings. The fraction of sp³-hybridized carbons (Fsp3) is 0.229. The second kappa shape index (κ2) is 19.7. The standard InChI is InChI=1S/C48H48N2O7S2/c1-33-18-24-42(25-19-33)59(53,54)50-43(27-34-10-4-3-5-11-34)47(52)49-30-36-12-8-13-38(26-36)39-14-9-15-40(28-39)48-56-41(32-58-46-17-7-6-16-44(46)55-2)29-45(57-48)37-22-20-35(31-51)21-23-37/h3-26,28,41,43,45,48,50-51H,27,29-32H2,1-2H3,(H,49,52). The molecule has 304 valence electrons. The highest BCUT2D eigenvalue weighted by Gasteiger charge is 2.33. The van der Waals surface area contributed by atoms with Crippen LogP contribution in [0.3, 0.4) is 0 Å². The van der Waals surface area contributed by atoms with E-state index in [1.807, 2.05) is 128 Å². The molecule has 0 spiro atoms. The number of rotatable bonds is 16. The van der Waals surface area contributed by atoms with Crippen LogP contribution in [0.15, 0.2) is 161 Å². The summed E-state index contributed by atoms with van der Waals surface area (Å²) < 4.78 is 48.3. The molecule has 0 aromatic heterocycles. The van der Waals surface area contributed by atoms with E-state index in [2.05, 4.69) is 16.1 Å². The van der Waals surface area contributed by atoms with Gasteiger partial charge in [0.15, 0.2) is 6.29 Å². The molecule has 0 saturated carbocycles. The van der Waals surface area contributed by atoms with Crippen LogP contribution in [0, 0.1) is 6.92 Å². The van der Waals surface area contributed by atoms with Crippen molar-refractivity contribution in [2.45, 2.75) is 67.2 Å². The zero-order valence-electron chi connectivity index (χ0n) is 33.0. The third kappa shape index (κ3) is 11.1. The molecule has 1 aliphatic heterocycles. The van der Waals surface area contributed by atoms with E-state index in [9.17, 15) is 18.3 Å². The van der Waals surface area contributed by atoms with E-state index >= 15 is 0 Å². The summed E-state index contributed by atoms with van der Waals surface area (Å²) in [6.07, 6.45) is -0.155. The van der Waals surface area contributed by atoms with Gasteiger partial charge >= 0.3 is 0 Å². The van der Waals surface area contributed by atoms with Crippen LogP contribution >= 0.6 is 11.8 Å². The van der Waals surface area contributed by atoms with Crippen LogP contribution in [0.2, 0.25) is 0 Å². The van der Waals surface area contributed by atoms with Gasteiger partial charge in [-0.25, -0.2) is 8.42 Å². The van der Waals surface area contributed by atoms with Crippen LogP contribution in [-0.4, -0.2) is 44.4 Å². The van der Waals surface area contributed by atoms with E-state index < -0.39 is 28.3 Å². The van der Waals surface area contributed by atoms with E-state index in [0.29, 0.717) is 12.2 Å². The summed E-state index contributed by atoms with van der Waals surface area (Å²) in [5.74, 6) is 1.09. The second-order valence-corrected chi connectivity index (χ2v) is 17.3. The Kier molecular flexibility index (Phi) is 13.9. The number of methoxy groups -OCH3 is 1. The van der Waals surface area contributed by atoms with Crippen molar-refractivity contribution in [3.63, 3.8) is 0 Å². The van der Waals surface area contributed by atoms with E-state index in [1.165, 1.54) is 0 Å². The molecule has 0 radical (unpaired) electrons. The molecule has 0 bridgehead atoms. The average molecular weight is 829 g/mol. The molecule has 1 heterocycles. The minimum Gasteiger partial charge on any atom is -0.496 e. The summed E-state index contributed by atoms with van der Waals surface area (Å²) in [7, 11) is -2.30. The Balaban J connectivity index is 1.07. The van der Waals surface area contributed by atoms with Gasteiger partial charge in [0.05, 0.1) is 30.8 Å². The maximum atomic E-state index is 13.7. The molecule has 1 saturated heterocycles. The second-order valence-electron chi connectivity index (χ2n) is 14.5. The maximum absolute atomic E-state index is 13.7. The lowest BCUT2D eigenvalue weighted by Crippen LogP contribution is -2.47. The highest BCUT2D eigenvalue weighted by atomic mass is 32.2. The highest BCUT2D eigenvalue weighted by molar-refractivity contribution is 7.99. The quantitative estimate of drug-likeness (QED) is 0.0829. The van der Waals surface area contributed by atoms with Gasteiger partial charge in [0, 0.05) is 29.2 Å². The number of aliphatic hydroxyl groups excluding tert-OH is 1. The maximum Gasteiger partial charge on any atom is 0.241 e. The van der Waals surface area contributed by atoms with Crippen molar-refractivity contribution in [2.75, 3.05) is 12.9 Å². The van der Waals surface area contributed by atoms with Gasteiger partial charge in [0.1, 0.15) is 11.8 Å². The molecule has 1 amide bonds. The molecular weight excluding hydrogens is 781 g/mol. The minimum absolute atomic E-state index is 0.0269. The molecule has 0 aliphatic carbocycles. The highest BCUT2D eigenvalue weighted by Crippen LogP contribution is 2.41. The van der Waals surface area contributed by atoms with Gasteiger partial charge in [-0.1, -0.05) is 121 Å². The number of carbonyl (C=O) groups excluding carboxylic acids is 1. The third-order valence-electron chi connectivity index (χ3n) is 10.2. The van der Waals surface area contributed by atoms with Gasteiger partial charge in [-0.3, -0.25) is 4.79 Å². The number of carbonyl (C=O) groups is 1. The van der Waals surface area contributed by atoms with Gasteiger partial charge in [0.25, 0.3) is 0 Å². The first kappa shape index (κ1) is 41.9. The lowest BCUT2D eigenvalue weighted by atomic mass is 9.99. The molecule has 9 nitrogen and oxygen atoms in total. The summed E-state index contributed by atoms with van der Waals surface area (Å²) in [5.41, 5.74) is 7.24. The van der Waals surface area contributed by atoms with Crippen LogP contribution in [-0.2, 0) is 43.9 Å². The van der Waals surface area contributed by atoms with Gasteiger partial charge in [-0.05, 0) is 83.1 Å². The lowest BCUT2D eigenvalue weighted by molar-refractivity contribution is -0.245. The van der Waals surface area contributed by atoms with Crippen molar-refractivity contribution in [3.8, 4) is 16.9 Å². The summed E-state index contributed by atoms with van der Waals surface area (Å²) in [6, 6.07) is 46.7. The number of para-hydroxylation sites is 1. The monoisotopic (exact) mass is 828 g/mol. The molecule has 4 unspecified atom stereocenters. The van der Waals surface area contributed by atoms with Crippen molar-refractivity contribution in [1.82, 2.24) is 10.0 Å². The van der Waals surface area contributed by atoms with Gasteiger partial charge < -0.3 is 24.6 Å². The summed E-state index contributed by atoms with van der Waals surface area (Å²) in [6.45, 7) is 2.06. The number of hydrogen-bond acceptors (Lipinski definition) is 8. The van der Waals surface area contributed by atoms with Crippen molar-refractivity contribution in [2.24, 2.45) is 0 Å². The van der Waals surface area contributed by atoms with Crippen LogP contribution in [0.5, 0.6) is 5.75 Å². The first-order chi connectivity index (χ1) is 28.7. The molecule has 7 rings (SSSR count). The van der Waals surface area contributed by atoms with Crippen LogP contribution in [0.4, 0.5) is 0 Å². The first-order valence-corrected chi connectivity index (χ1v) is 22.0. The fourth-order valence-electron chi connectivity index (χ4n) is 6.99. The Morgan fingerprint density at radius 3 is 2.22 bits per heavy atom. The van der Waals surface area contributed by atoms with Crippen LogP contribution in [0.25, 0.3) is 11.1 Å². The van der Waals surface area contributed by atoms with Crippen LogP contribution in [0.1, 0.15) is 52.2 Å². The van der Waals surface area contributed by atoms with Crippen molar-refractivity contribution >= 4 is 27.7 Å². The number of nitrogens with one attached hydrogen (secondary N) is 2. The largest absolute Gasteiger partial charge is 0.496 e. The predicted octanol–water partition coefficient (Wildman–Crippen LogP) is 8.71. The molecule has 4 atom stereocenters. The van der Waals surface area contributed by atoms with Gasteiger partial charge in [-0.2, -0.15) is 4.72 Å². The Bertz CT molecular complexity index is 2430. The van der Waals surface area contributed by atoms with E-state index in [-0.39, 0.29) is 36.7 Å². The Labute approximate surface area is 350 Å². The number of thioether (sulfide) groups is 1. The Morgan fingerprint density at radius 1 is 0.780 bits per heavy atom. The Hall–Kier alpha value is -5.27.